The Bertz CT molecular complexity index is 1000. The van der Waals surface area contributed by atoms with Crippen molar-refractivity contribution in [2.45, 2.75) is 37.4 Å². The van der Waals surface area contributed by atoms with Crippen molar-refractivity contribution in [3.05, 3.63) is 41.3 Å². The van der Waals surface area contributed by atoms with Gasteiger partial charge in [-0.05, 0) is 49.6 Å². The Morgan fingerprint density at radius 1 is 1.29 bits per heavy atom. The minimum Gasteiger partial charge on any atom is -0.350 e. The van der Waals surface area contributed by atoms with E-state index >= 15 is 0 Å². The Balaban J connectivity index is 2.02. The summed E-state index contributed by atoms with van der Waals surface area (Å²) in [5.74, 6) is -0.644. The number of rotatable bonds is 5. The summed E-state index contributed by atoms with van der Waals surface area (Å²) >= 11 is 6.46. The van der Waals surface area contributed by atoms with E-state index in [1.807, 2.05) is 30.3 Å². The highest BCUT2D eigenvalue weighted by molar-refractivity contribution is 7.92. The van der Waals surface area contributed by atoms with Gasteiger partial charge in [0.2, 0.25) is 5.91 Å². The normalized spacial score (nSPS) is 21.1. The molecule has 2 aromatic rings. The molecule has 1 aromatic carbocycles. The van der Waals surface area contributed by atoms with Crippen LogP contribution in [0.25, 0.3) is 10.4 Å². The van der Waals surface area contributed by atoms with E-state index in [1.54, 1.807) is 18.5 Å². The summed E-state index contributed by atoms with van der Waals surface area (Å²) in [7, 11) is -3.53. The number of carbonyl (C=O) groups is 1. The molecule has 0 saturated carbocycles. The molecule has 1 saturated heterocycles. The average Bonchev–Trinajstić information content (AvgIpc) is 3.13. The summed E-state index contributed by atoms with van der Waals surface area (Å²) in [4.78, 5) is 14.1. The maximum atomic E-state index is 13.0. The van der Waals surface area contributed by atoms with Gasteiger partial charge in [0.05, 0.1) is 17.2 Å². The molecule has 2 heterocycles. The highest BCUT2D eigenvalue weighted by atomic mass is 32.2. The van der Waals surface area contributed by atoms with Crippen LogP contribution in [0.2, 0.25) is 0 Å². The van der Waals surface area contributed by atoms with E-state index in [0.29, 0.717) is 22.7 Å². The highest BCUT2D eigenvalue weighted by Crippen LogP contribution is 2.47. The van der Waals surface area contributed by atoms with E-state index < -0.39 is 20.5 Å². The molecule has 1 fully saturated rings. The molecule has 0 bridgehead atoms. The molecule has 0 radical (unpaired) electrons. The molecule has 1 atom stereocenters. The van der Waals surface area contributed by atoms with Crippen molar-refractivity contribution in [1.29, 1.82) is 0 Å². The predicted molar refractivity (Wildman–Crippen MR) is 116 cm³/mol. The van der Waals surface area contributed by atoms with Gasteiger partial charge < -0.3 is 5.32 Å². The number of anilines is 1. The number of hydroxylamine groups is 1. The number of sulfone groups is 1. The van der Waals surface area contributed by atoms with Crippen LogP contribution >= 0.6 is 23.6 Å². The third-order valence-electron chi connectivity index (χ3n) is 4.93. The zero-order valence-electron chi connectivity index (χ0n) is 15.4. The number of hydrogen-bond donors (Lipinski definition) is 3. The Morgan fingerprint density at radius 2 is 2.07 bits per heavy atom. The van der Waals surface area contributed by atoms with E-state index in [1.165, 1.54) is 11.3 Å². The number of thiophene rings is 1. The number of amides is 1. The average molecular weight is 439 g/mol. The summed E-state index contributed by atoms with van der Waals surface area (Å²) in [6.07, 6.45) is 1.40. The monoisotopic (exact) mass is 438 g/mol. The molecule has 1 amide bonds. The molecule has 0 aliphatic carbocycles. The van der Waals surface area contributed by atoms with Crippen LogP contribution in [-0.4, -0.2) is 30.3 Å². The lowest BCUT2D eigenvalue weighted by atomic mass is 9.94. The Kier molecular flexibility index (Phi) is 6.18. The first-order valence-electron chi connectivity index (χ1n) is 8.91. The van der Waals surface area contributed by atoms with Gasteiger partial charge >= 0.3 is 0 Å². The summed E-state index contributed by atoms with van der Waals surface area (Å²) < 4.78 is 24.7. The maximum Gasteiger partial charge on any atom is 0.245 e. The van der Waals surface area contributed by atoms with Crippen molar-refractivity contribution in [2.24, 2.45) is 0 Å². The third kappa shape index (κ3) is 4.12. The number of thiocarbonyl (C=S) groups is 1. The van der Waals surface area contributed by atoms with Crippen LogP contribution in [-0.2, 0) is 19.4 Å². The fourth-order valence-electron chi connectivity index (χ4n) is 3.61. The van der Waals surface area contributed by atoms with Crippen LogP contribution in [0, 0.1) is 0 Å². The second-order valence-corrected chi connectivity index (χ2v) is 11.0. The van der Waals surface area contributed by atoms with E-state index in [2.05, 4.69) is 5.32 Å². The molecule has 6 nitrogen and oxygen atoms in total. The fraction of sp³-hybridized carbons (Fsp3) is 0.368. The lowest BCUT2D eigenvalue weighted by molar-refractivity contribution is -0.130. The molecule has 0 spiro atoms. The van der Waals surface area contributed by atoms with Crippen molar-refractivity contribution >= 4 is 50.0 Å². The van der Waals surface area contributed by atoms with Gasteiger partial charge in [-0.25, -0.2) is 13.9 Å². The van der Waals surface area contributed by atoms with E-state index in [-0.39, 0.29) is 12.2 Å². The smallest absolute Gasteiger partial charge is 0.245 e. The van der Waals surface area contributed by atoms with Gasteiger partial charge in [0, 0.05) is 15.4 Å². The molecular formula is C19H22N2O4S3. The van der Waals surface area contributed by atoms with Crippen LogP contribution in [0.1, 0.15) is 37.5 Å². The van der Waals surface area contributed by atoms with E-state index in [0.717, 1.165) is 22.5 Å². The standard InChI is InChI=1S/C19H22N2O4S3/c1-13(26)20-15-6-4-5-14(11-15)16-7-8-17(27-16)19(12-18(22)21-23)9-2-3-10-28(19,24)25/h4-8,11,23H,2-3,9-10,12H2,1H3,(H,20,26)(H,21,22)/t19-/m0/s1. The van der Waals surface area contributed by atoms with Crippen molar-refractivity contribution < 1.29 is 18.4 Å². The van der Waals surface area contributed by atoms with E-state index in [4.69, 9.17) is 17.4 Å². The Labute approximate surface area is 173 Å². The van der Waals surface area contributed by atoms with Gasteiger partial charge in [-0.2, -0.15) is 0 Å². The first-order chi connectivity index (χ1) is 13.3. The number of carbonyl (C=O) groups excluding carboxylic acids is 1. The second kappa shape index (κ2) is 8.28. The summed E-state index contributed by atoms with van der Waals surface area (Å²) in [5.41, 5.74) is 3.39. The summed E-state index contributed by atoms with van der Waals surface area (Å²) in [6, 6.07) is 11.4. The van der Waals surface area contributed by atoms with Crippen molar-refractivity contribution in [3.63, 3.8) is 0 Å². The largest absolute Gasteiger partial charge is 0.350 e. The molecule has 28 heavy (non-hydrogen) atoms. The molecule has 9 heteroatoms. The Hall–Kier alpha value is -1.81. The van der Waals surface area contributed by atoms with Gasteiger partial charge in [-0.1, -0.05) is 30.8 Å². The number of hydrogen-bond acceptors (Lipinski definition) is 6. The van der Waals surface area contributed by atoms with Crippen LogP contribution < -0.4 is 10.8 Å². The lowest BCUT2D eigenvalue weighted by Gasteiger charge is -2.35. The molecule has 1 aromatic heterocycles. The topological polar surface area (TPSA) is 95.5 Å². The summed E-state index contributed by atoms with van der Waals surface area (Å²) in [6.45, 7) is 1.80. The van der Waals surface area contributed by atoms with Crippen molar-refractivity contribution in [1.82, 2.24) is 5.48 Å². The lowest BCUT2D eigenvalue weighted by Crippen LogP contribution is -2.43. The molecule has 150 valence electrons. The molecule has 3 rings (SSSR count). The molecule has 1 aliphatic rings. The Morgan fingerprint density at radius 3 is 2.75 bits per heavy atom. The molecule has 3 N–H and O–H groups in total. The van der Waals surface area contributed by atoms with Crippen LogP contribution in [0.15, 0.2) is 36.4 Å². The minimum atomic E-state index is -3.53. The maximum absolute atomic E-state index is 13.0. The van der Waals surface area contributed by atoms with Crippen LogP contribution in [0.3, 0.4) is 0 Å². The van der Waals surface area contributed by atoms with Gasteiger partial charge in [0.15, 0.2) is 9.84 Å². The predicted octanol–water partition coefficient (Wildman–Crippen LogP) is 3.86. The van der Waals surface area contributed by atoms with Gasteiger partial charge in [-0.3, -0.25) is 10.0 Å². The highest BCUT2D eigenvalue weighted by Gasteiger charge is 2.49. The fourth-order valence-corrected chi connectivity index (χ4v) is 7.50. The first kappa shape index (κ1) is 20.9. The number of nitrogens with one attached hydrogen (secondary N) is 2. The molecular weight excluding hydrogens is 416 g/mol. The second-order valence-electron chi connectivity index (χ2n) is 6.91. The third-order valence-corrected chi connectivity index (χ3v) is 9.09. The van der Waals surface area contributed by atoms with E-state index in [9.17, 15) is 13.2 Å². The first-order valence-corrected chi connectivity index (χ1v) is 11.8. The molecule has 1 aliphatic heterocycles. The quantitative estimate of drug-likeness (QED) is 0.373. The summed E-state index contributed by atoms with van der Waals surface area (Å²) in [5, 5.41) is 12.1. The van der Waals surface area contributed by atoms with Gasteiger partial charge in [0.25, 0.3) is 0 Å². The minimum absolute atomic E-state index is 0.0479. The van der Waals surface area contributed by atoms with Gasteiger partial charge in [-0.15, -0.1) is 11.3 Å². The van der Waals surface area contributed by atoms with Gasteiger partial charge in [0.1, 0.15) is 4.75 Å². The molecule has 0 unspecified atom stereocenters. The zero-order valence-corrected chi connectivity index (χ0v) is 17.8. The van der Waals surface area contributed by atoms with Crippen LogP contribution in [0.4, 0.5) is 5.69 Å². The zero-order chi connectivity index (χ0) is 20.4. The number of benzene rings is 1. The SMILES string of the molecule is CC(=S)Nc1cccc(-c2ccc([C@@]3(CC(=O)NO)CCCCS3(=O)=O)s2)c1. The van der Waals surface area contributed by atoms with Crippen molar-refractivity contribution in [3.8, 4) is 10.4 Å². The van der Waals surface area contributed by atoms with Crippen LogP contribution in [0.5, 0.6) is 0 Å². The van der Waals surface area contributed by atoms with Crippen molar-refractivity contribution in [2.75, 3.05) is 11.1 Å².